The topological polar surface area (TPSA) is 127 Å². The maximum absolute atomic E-state index is 14.7. The van der Waals surface area contributed by atoms with Crippen LogP contribution in [0.3, 0.4) is 0 Å². The molecule has 4 aromatic heterocycles. The molecule has 240 valence electrons. The summed E-state index contributed by atoms with van der Waals surface area (Å²) in [7, 11) is 4.01. The van der Waals surface area contributed by atoms with Gasteiger partial charge in [0.25, 0.3) is 0 Å². The van der Waals surface area contributed by atoms with Crippen LogP contribution in [0.4, 0.5) is 15.8 Å². The fourth-order valence-corrected chi connectivity index (χ4v) is 6.30. The van der Waals surface area contributed by atoms with Gasteiger partial charge in [0.1, 0.15) is 11.5 Å². The predicted molar refractivity (Wildman–Crippen MR) is 186 cm³/mol. The van der Waals surface area contributed by atoms with Crippen molar-refractivity contribution in [3.8, 4) is 33.6 Å². The van der Waals surface area contributed by atoms with Crippen molar-refractivity contribution in [3.63, 3.8) is 0 Å². The van der Waals surface area contributed by atoms with E-state index in [2.05, 4.69) is 52.1 Å². The molecule has 0 atom stereocenters. The van der Waals surface area contributed by atoms with Crippen molar-refractivity contribution in [1.29, 1.82) is 0 Å². The Morgan fingerprint density at radius 2 is 1.72 bits per heavy atom. The molecule has 5 N–H and O–H groups in total. The van der Waals surface area contributed by atoms with E-state index in [1.807, 2.05) is 44.4 Å². The van der Waals surface area contributed by atoms with Crippen molar-refractivity contribution in [2.75, 3.05) is 50.9 Å². The minimum Gasteiger partial charge on any atom is -0.384 e. The number of hydrogen-bond donors (Lipinski definition) is 5. The molecule has 11 heteroatoms. The Balaban J connectivity index is 1.16. The monoisotopic (exact) mass is 631 g/mol. The summed E-state index contributed by atoms with van der Waals surface area (Å²) >= 11 is 0. The largest absolute Gasteiger partial charge is 0.384 e. The molecule has 0 spiro atoms. The lowest BCUT2D eigenvalue weighted by Gasteiger charge is -2.21. The van der Waals surface area contributed by atoms with Crippen LogP contribution in [0.5, 0.6) is 0 Å². The van der Waals surface area contributed by atoms with Gasteiger partial charge >= 0.3 is 0 Å². The van der Waals surface area contributed by atoms with Gasteiger partial charge in [-0.25, -0.2) is 4.39 Å². The third-order valence-corrected chi connectivity index (χ3v) is 8.75. The van der Waals surface area contributed by atoms with Crippen LogP contribution in [0.15, 0.2) is 73.3 Å². The second-order valence-corrected chi connectivity index (χ2v) is 12.5. The van der Waals surface area contributed by atoms with Crippen molar-refractivity contribution in [2.45, 2.75) is 19.3 Å². The molecule has 1 amide bonds. The first-order valence-electron chi connectivity index (χ1n) is 16.0. The average Bonchev–Trinajstić information content (AvgIpc) is 3.69. The maximum atomic E-state index is 14.7. The minimum absolute atomic E-state index is 0.0196. The van der Waals surface area contributed by atoms with Crippen LogP contribution in [0.2, 0.25) is 0 Å². The molecule has 47 heavy (non-hydrogen) atoms. The molecule has 6 aromatic rings. The number of likely N-dealkylation sites (N-methyl/N-ethyl adjacent to an activating group) is 1. The molecule has 0 unspecified atom stereocenters. The van der Waals surface area contributed by atoms with Crippen LogP contribution in [0, 0.1) is 11.7 Å². The summed E-state index contributed by atoms with van der Waals surface area (Å²) in [6, 6.07) is 15.1. The molecule has 1 aliphatic rings. The van der Waals surface area contributed by atoms with Gasteiger partial charge in [0, 0.05) is 59.5 Å². The highest BCUT2D eigenvalue weighted by Crippen LogP contribution is 2.36. The van der Waals surface area contributed by atoms with Gasteiger partial charge in [-0.05, 0) is 99.5 Å². The van der Waals surface area contributed by atoms with Gasteiger partial charge in [0.2, 0.25) is 5.91 Å². The predicted octanol–water partition coefficient (Wildman–Crippen LogP) is 6.28. The molecule has 10 nitrogen and oxygen atoms in total. The van der Waals surface area contributed by atoms with Crippen molar-refractivity contribution < 1.29 is 9.18 Å². The second kappa shape index (κ2) is 13.3. The molecule has 1 aliphatic heterocycles. The zero-order chi connectivity index (χ0) is 32.3. The number of amides is 1. The number of pyridine rings is 2. The Morgan fingerprint density at radius 1 is 0.894 bits per heavy atom. The summed E-state index contributed by atoms with van der Waals surface area (Å²) in [4.78, 5) is 27.2. The number of hydrogen-bond acceptors (Lipinski definition) is 7. The highest BCUT2D eigenvalue weighted by Gasteiger charge is 2.18. The van der Waals surface area contributed by atoms with E-state index in [1.54, 1.807) is 24.8 Å². The third kappa shape index (κ3) is 6.86. The van der Waals surface area contributed by atoms with Gasteiger partial charge in [-0.1, -0.05) is 6.07 Å². The van der Waals surface area contributed by atoms with Crippen molar-refractivity contribution >= 4 is 39.1 Å². The van der Waals surface area contributed by atoms with Crippen molar-refractivity contribution in [2.24, 2.45) is 5.92 Å². The first-order chi connectivity index (χ1) is 22.9. The van der Waals surface area contributed by atoms with Crippen molar-refractivity contribution in [1.82, 2.24) is 35.4 Å². The van der Waals surface area contributed by atoms with Crippen LogP contribution < -0.4 is 16.0 Å². The third-order valence-electron chi connectivity index (χ3n) is 8.75. The Hall–Kier alpha value is -5.13. The molecular weight excluding hydrogens is 593 g/mol. The van der Waals surface area contributed by atoms with E-state index in [0.29, 0.717) is 24.6 Å². The number of carbonyl (C=O) groups excluding carboxylic acids is 1. The molecule has 0 saturated carbocycles. The van der Waals surface area contributed by atoms with Crippen LogP contribution in [-0.2, 0) is 4.79 Å². The van der Waals surface area contributed by atoms with Crippen molar-refractivity contribution in [3.05, 3.63) is 79.1 Å². The van der Waals surface area contributed by atoms with Gasteiger partial charge in [-0.3, -0.25) is 19.9 Å². The number of aromatic amines is 2. The fraction of sp³-hybridized carbons (Fsp3) is 0.278. The lowest BCUT2D eigenvalue weighted by Crippen LogP contribution is -2.30. The average molecular weight is 632 g/mol. The number of rotatable bonds is 10. The number of fused-ring (bicyclic) bond motifs is 2. The molecule has 5 heterocycles. The Bertz CT molecular complexity index is 2040. The van der Waals surface area contributed by atoms with Gasteiger partial charge in [0.15, 0.2) is 0 Å². The standard InChI is InChI=1S/C36H38FN9O/c1-46(2)10-9-41-27-13-24(12-26(37)16-27)31-20-40-21-34-29(31)17-33(43-34)36-30-15-23(3-4-32(30)44-45-36)25-14-28(19-39-18-25)42-35(47)11-22-5-7-38-8-6-22/h3-4,12-22,38,41,43H,5-11H2,1-2H3,(H,42,47)(H,44,45). The van der Waals surface area contributed by atoms with E-state index in [-0.39, 0.29) is 11.7 Å². The van der Waals surface area contributed by atoms with E-state index in [9.17, 15) is 9.18 Å². The second-order valence-electron chi connectivity index (χ2n) is 12.5. The maximum Gasteiger partial charge on any atom is 0.224 e. The molecule has 1 fully saturated rings. The molecule has 0 radical (unpaired) electrons. The van der Waals surface area contributed by atoms with E-state index < -0.39 is 0 Å². The number of piperidine rings is 1. The van der Waals surface area contributed by atoms with E-state index >= 15 is 0 Å². The summed E-state index contributed by atoms with van der Waals surface area (Å²) in [5, 5.41) is 19.4. The van der Waals surface area contributed by atoms with E-state index in [4.69, 9.17) is 0 Å². The number of aromatic nitrogens is 5. The Kier molecular flexibility index (Phi) is 8.64. The van der Waals surface area contributed by atoms with Gasteiger partial charge in [-0.2, -0.15) is 5.10 Å². The molecular formula is C36H38FN9O. The summed E-state index contributed by atoms with van der Waals surface area (Å²) in [6.07, 6.45) is 9.59. The molecule has 2 aromatic carbocycles. The normalized spacial score (nSPS) is 13.9. The number of carbonyl (C=O) groups is 1. The highest BCUT2D eigenvalue weighted by molar-refractivity contribution is 6.01. The smallest absolute Gasteiger partial charge is 0.224 e. The van der Waals surface area contributed by atoms with Crippen LogP contribution in [0.1, 0.15) is 19.3 Å². The van der Waals surface area contributed by atoms with E-state index in [0.717, 1.165) is 93.6 Å². The number of H-pyrrole nitrogens is 2. The summed E-state index contributed by atoms with van der Waals surface area (Å²) in [5.41, 5.74) is 8.10. The van der Waals surface area contributed by atoms with Gasteiger partial charge in [0.05, 0.1) is 34.8 Å². The number of nitrogens with zero attached hydrogens (tertiary/aromatic N) is 4. The highest BCUT2D eigenvalue weighted by atomic mass is 19.1. The van der Waals surface area contributed by atoms with E-state index in [1.165, 1.54) is 12.1 Å². The first-order valence-corrected chi connectivity index (χ1v) is 16.0. The van der Waals surface area contributed by atoms with Crippen LogP contribution >= 0.6 is 0 Å². The first kappa shape index (κ1) is 30.5. The zero-order valence-corrected chi connectivity index (χ0v) is 26.5. The zero-order valence-electron chi connectivity index (χ0n) is 26.5. The van der Waals surface area contributed by atoms with Crippen LogP contribution in [-0.4, -0.2) is 76.2 Å². The number of nitrogens with one attached hydrogen (secondary N) is 5. The van der Waals surface area contributed by atoms with Gasteiger partial charge < -0.3 is 25.8 Å². The SMILES string of the molecule is CN(C)CCNc1cc(F)cc(-c2cncc3[nH]c(-c4n[nH]c5ccc(-c6cncc(NC(=O)CC7CCNCC7)c6)cc45)cc23)c1. The quantitative estimate of drug-likeness (QED) is 0.121. The molecule has 1 saturated heterocycles. The lowest BCUT2D eigenvalue weighted by molar-refractivity contribution is -0.117. The number of halogens is 1. The summed E-state index contributed by atoms with van der Waals surface area (Å²) in [5.74, 6) is 0.117. The fourth-order valence-electron chi connectivity index (χ4n) is 6.30. The Labute approximate surface area is 272 Å². The minimum atomic E-state index is -0.312. The van der Waals surface area contributed by atoms with Gasteiger partial charge in [-0.15, -0.1) is 0 Å². The molecule has 0 aliphatic carbocycles. The number of anilines is 2. The molecule has 7 rings (SSSR count). The van der Waals surface area contributed by atoms with Crippen LogP contribution in [0.25, 0.3) is 55.4 Å². The number of benzene rings is 2. The lowest BCUT2D eigenvalue weighted by atomic mass is 9.94. The summed E-state index contributed by atoms with van der Waals surface area (Å²) < 4.78 is 14.7. The Morgan fingerprint density at radius 3 is 2.57 bits per heavy atom. The summed E-state index contributed by atoms with van der Waals surface area (Å²) in [6.45, 7) is 3.47. The molecule has 0 bridgehead atoms.